The number of fused-ring (bicyclic) bond motifs is 1. The van der Waals surface area contributed by atoms with Crippen molar-refractivity contribution in [1.29, 1.82) is 0 Å². The van der Waals surface area contributed by atoms with Crippen molar-refractivity contribution in [3.8, 4) is 16.9 Å². The van der Waals surface area contributed by atoms with Crippen LogP contribution >= 0.6 is 0 Å². The van der Waals surface area contributed by atoms with E-state index in [9.17, 15) is 9.90 Å². The maximum absolute atomic E-state index is 13.2. The Morgan fingerprint density at radius 3 is 2.35 bits per heavy atom. The van der Waals surface area contributed by atoms with E-state index in [1.807, 2.05) is 42.5 Å². The number of rotatable bonds is 8. The van der Waals surface area contributed by atoms with Gasteiger partial charge < -0.3 is 25.2 Å². The second-order valence-corrected chi connectivity index (χ2v) is 10.7. The first-order chi connectivity index (χ1) is 19.6. The smallest absolute Gasteiger partial charge is 0.323 e. The van der Waals surface area contributed by atoms with E-state index in [2.05, 4.69) is 51.9 Å². The lowest BCUT2D eigenvalue weighted by Gasteiger charge is -2.26. The molecule has 2 fully saturated rings. The second-order valence-electron chi connectivity index (χ2n) is 10.7. The number of aliphatic hydroxyl groups excluding tert-OH is 1. The van der Waals surface area contributed by atoms with Crippen LogP contribution in [0.5, 0.6) is 5.75 Å². The quantitative estimate of drug-likeness (QED) is 0.256. The summed E-state index contributed by atoms with van der Waals surface area (Å²) in [5, 5.41) is 17.9. The number of methoxy groups -OCH3 is 1. The minimum atomic E-state index is -0.352. The zero-order valence-electron chi connectivity index (χ0n) is 22.8. The number of amides is 2. The zero-order chi connectivity index (χ0) is 27.5. The van der Waals surface area contributed by atoms with Gasteiger partial charge in [-0.2, -0.15) is 0 Å². The largest absolute Gasteiger partial charge is 0.495 e. The molecular weight excluding hydrogens is 502 g/mol. The maximum Gasteiger partial charge on any atom is 0.323 e. The van der Waals surface area contributed by atoms with E-state index in [1.165, 1.54) is 5.56 Å². The standard InChI is InChI=1S/C33H35N3O4/c1-39-31-13-10-25(33(22-37)14-15-33)20-30(31)35-32(38)34-29-12-11-26(27-4-2-3-5-28(27)29)24-8-6-23(7-9-24)21-36-16-18-40-19-17-36/h2-13,20,37H,14-19,21-22H2,1H3,(H2,34,35,38). The molecule has 1 saturated carbocycles. The maximum atomic E-state index is 13.2. The van der Waals surface area contributed by atoms with Crippen molar-refractivity contribution in [1.82, 2.24) is 4.90 Å². The minimum absolute atomic E-state index is 0.0971. The van der Waals surface area contributed by atoms with Gasteiger partial charge in [0.2, 0.25) is 0 Å². The average Bonchev–Trinajstić information content (AvgIpc) is 3.80. The molecule has 2 aliphatic rings. The summed E-state index contributed by atoms with van der Waals surface area (Å²) in [6, 6.07) is 26.3. The minimum Gasteiger partial charge on any atom is -0.495 e. The molecule has 4 aromatic carbocycles. The van der Waals surface area contributed by atoms with Gasteiger partial charge >= 0.3 is 6.03 Å². The molecule has 4 aromatic rings. The predicted octanol–water partition coefficient (Wildman–Crippen LogP) is 6.02. The van der Waals surface area contributed by atoms with Gasteiger partial charge in [0, 0.05) is 30.4 Å². The van der Waals surface area contributed by atoms with Crippen molar-refractivity contribution in [2.24, 2.45) is 0 Å². The topological polar surface area (TPSA) is 83.1 Å². The fourth-order valence-electron chi connectivity index (χ4n) is 5.57. The van der Waals surface area contributed by atoms with Crippen molar-refractivity contribution < 1.29 is 19.4 Å². The molecule has 0 unspecified atom stereocenters. The number of morpholine rings is 1. The van der Waals surface area contributed by atoms with Crippen LogP contribution in [0.15, 0.2) is 78.9 Å². The van der Waals surface area contributed by atoms with Gasteiger partial charge in [-0.15, -0.1) is 0 Å². The van der Waals surface area contributed by atoms with Gasteiger partial charge in [-0.1, -0.05) is 60.7 Å². The molecule has 1 heterocycles. The highest BCUT2D eigenvalue weighted by Crippen LogP contribution is 2.49. The number of nitrogens with zero attached hydrogens (tertiary/aromatic N) is 1. The van der Waals surface area contributed by atoms with Crippen molar-refractivity contribution in [3.63, 3.8) is 0 Å². The number of hydrogen-bond acceptors (Lipinski definition) is 5. The Morgan fingerprint density at radius 1 is 0.925 bits per heavy atom. The lowest BCUT2D eigenvalue weighted by Crippen LogP contribution is -2.35. The van der Waals surface area contributed by atoms with Gasteiger partial charge in [0.1, 0.15) is 5.75 Å². The molecule has 0 aromatic heterocycles. The summed E-state index contributed by atoms with van der Waals surface area (Å²) >= 11 is 0. The van der Waals surface area contributed by atoms with Crippen molar-refractivity contribution in [2.45, 2.75) is 24.8 Å². The summed E-state index contributed by atoms with van der Waals surface area (Å²) in [6.07, 6.45) is 1.88. The summed E-state index contributed by atoms with van der Waals surface area (Å²) in [6.45, 7) is 4.56. The number of carbonyl (C=O) groups excluding carboxylic acids is 1. The Morgan fingerprint density at radius 2 is 1.65 bits per heavy atom. The van der Waals surface area contributed by atoms with Crippen LogP contribution in [0.25, 0.3) is 21.9 Å². The summed E-state index contributed by atoms with van der Waals surface area (Å²) in [4.78, 5) is 15.6. The Labute approximate surface area is 234 Å². The first kappa shape index (κ1) is 26.3. The SMILES string of the molecule is COc1ccc(C2(CO)CC2)cc1NC(=O)Nc1ccc(-c2ccc(CN3CCOCC3)cc2)c2ccccc12. The lowest BCUT2D eigenvalue weighted by atomic mass is 9.96. The molecule has 1 aliphatic carbocycles. The fraction of sp³-hybridized carbons (Fsp3) is 0.303. The Balaban J connectivity index is 1.21. The monoisotopic (exact) mass is 537 g/mol. The fourth-order valence-corrected chi connectivity index (χ4v) is 5.57. The summed E-state index contributed by atoms with van der Waals surface area (Å²) in [5.74, 6) is 0.574. The molecule has 206 valence electrons. The molecule has 6 rings (SSSR count). The molecule has 3 N–H and O–H groups in total. The van der Waals surface area contributed by atoms with Crippen LogP contribution in [-0.4, -0.2) is 56.1 Å². The third kappa shape index (κ3) is 5.41. The highest BCUT2D eigenvalue weighted by molar-refractivity contribution is 6.10. The molecule has 1 aliphatic heterocycles. The molecule has 7 heteroatoms. The Kier molecular flexibility index (Phi) is 7.43. The number of nitrogens with one attached hydrogen (secondary N) is 2. The number of ether oxygens (including phenoxy) is 2. The summed E-state index contributed by atoms with van der Waals surface area (Å²) in [5.41, 5.74) is 5.66. The van der Waals surface area contributed by atoms with Gasteiger partial charge in [-0.3, -0.25) is 4.90 Å². The number of hydrogen-bond donors (Lipinski definition) is 3. The van der Waals surface area contributed by atoms with Gasteiger partial charge in [0.05, 0.1) is 38.3 Å². The number of anilines is 2. The van der Waals surface area contributed by atoms with Gasteiger partial charge in [-0.25, -0.2) is 4.79 Å². The molecule has 2 amide bonds. The molecule has 0 spiro atoms. The third-order valence-corrected chi connectivity index (χ3v) is 8.16. The van der Waals surface area contributed by atoms with Crippen LogP contribution in [0.1, 0.15) is 24.0 Å². The van der Waals surface area contributed by atoms with E-state index >= 15 is 0 Å². The number of carbonyl (C=O) groups is 1. The molecule has 7 nitrogen and oxygen atoms in total. The Hall–Kier alpha value is -3.91. The molecular formula is C33H35N3O4. The first-order valence-electron chi connectivity index (χ1n) is 13.9. The molecule has 0 bridgehead atoms. The number of benzene rings is 4. The first-order valence-corrected chi connectivity index (χ1v) is 13.9. The highest BCUT2D eigenvalue weighted by Gasteiger charge is 2.44. The van der Waals surface area contributed by atoms with E-state index < -0.39 is 0 Å². The van der Waals surface area contributed by atoms with E-state index in [0.29, 0.717) is 11.4 Å². The van der Waals surface area contributed by atoms with Crippen molar-refractivity contribution in [2.75, 3.05) is 50.7 Å². The van der Waals surface area contributed by atoms with Gasteiger partial charge in [0.15, 0.2) is 0 Å². The summed E-state index contributed by atoms with van der Waals surface area (Å²) < 4.78 is 11.0. The van der Waals surface area contributed by atoms with Crippen LogP contribution in [0.4, 0.5) is 16.2 Å². The third-order valence-electron chi connectivity index (χ3n) is 8.16. The van der Waals surface area contributed by atoms with E-state index in [4.69, 9.17) is 9.47 Å². The number of urea groups is 1. The van der Waals surface area contributed by atoms with Crippen LogP contribution in [-0.2, 0) is 16.7 Å². The molecule has 0 atom stereocenters. The normalized spacial score (nSPS) is 16.4. The molecule has 1 saturated heterocycles. The zero-order valence-corrected chi connectivity index (χ0v) is 22.8. The van der Waals surface area contributed by atoms with Gasteiger partial charge in [0.25, 0.3) is 0 Å². The second kappa shape index (κ2) is 11.3. The average molecular weight is 538 g/mol. The van der Waals surface area contributed by atoms with Crippen LogP contribution < -0.4 is 15.4 Å². The highest BCUT2D eigenvalue weighted by atomic mass is 16.5. The Bertz CT molecular complexity index is 1510. The van der Waals surface area contributed by atoms with E-state index in [-0.39, 0.29) is 18.1 Å². The molecule has 40 heavy (non-hydrogen) atoms. The van der Waals surface area contributed by atoms with Crippen LogP contribution in [0.2, 0.25) is 0 Å². The van der Waals surface area contributed by atoms with Gasteiger partial charge in [-0.05, 0) is 58.7 Å². The predicted molar refractivity (Wildman–Crippen MR) is 159 cm³/mol. The van der Waals surface area contributed by atoms with Crippen molar-refractivity contribution >= 4 is 28.2 Å². The molecule has 0 radical (unpaired) electrons. The van der Waals surface area contributed by atoms with Crippen molar-refractivity contribution in [3.05, 3.63) is 90.0 Å². The summed E-state index contributed by atoms with van der Waals surface area (Å²) in [7, 11) is 1.58. The van der Waals surface area contributed by atoms with Crippen LogP contribution in [0, 0.1) is 0 Å². The van der Waals surface area contributed by atoms with E-state index in [0.717, 1.165) is 78.8 Å². The van der Waals surface area contributed by atoms with E-state index in [1.54, 1.807) is 7.11 Å². The van der Waals surface area contributed by atoms with Crippen LogP contribution in [0.3, 0.4) is 0 Å². The number of aliphatic hydroxyl groups is 1. The lowest BCUT2D eigenvalue weighted by molar-refractivity contribution is 0.0342.